The first-order chi connectivity index (χ1) is 13.9. The first-order valence-electron chi connectivity index (χ1n) is 10.7. The van der Waals surface area contributed by atoms with Gasteiger partial charge in [0.25, 0.3) is 0 Å². The van der Waals surface area contributed by atoms with Crippen LogP contribution in [-0.2, 0) is 11.3 Å². The van der Waals surface area contributed by atoms with E-state index in [0.717, 1.165) is 13.0 Å². The predicted molar refractivity (Wildman–Crippen MR) is 112 cm³/mol. The first kappa shape index (κ1) is 23.3. The number of nitrogens with zero attached hydrogens (tertiary/aromatic N) is 4. The van der Waals surface area contributed by atoms with Gasteiger partial charge in [0.15, 0.2) is 17.4 Å². The largest absolute Gasteiger partial charge is 0.505 e. The molecule has 0 saturated carbocycles. The van der Waals surface area contributed by atoms with E-state index in [1.54, 1.807) is 10.7 Å². The Hall–Kier alpha value is -2.02. The lowest BCUT2D eigenvalue weighted by atomic mass is 9.89. The summed E-state index contributed by atoms with van der Waals surface area (Å²) in [5.74, 6) is -0.623. The van der Waals surface area contributed by atoms with Crippen molar-refractivity contribution in [3.05, 3.63) is 24.0 Å². The van der Waals surface area contributed by atoms with Crippen LogP contribution in [0.5, 0.6) is 5.75 Å². The normalized spacial score (nSPS) is 11.9. The fourth-order valence-corrected chi connectivity index (χ4v) is 3.20. The summed E-state index contributed by atoms with van der Waals surface area (Å²) < 4.78 is 20.8. The van der Waals surface area contributed by atoms with Crippen LogP contribution in [0.4, 0.5) is 4.39 Å². The number of rotatable bonds is 13. The quantitative estimate of drug-likeness (QED) is 0.453. The van der Waals surface area contributed by atoms with Crippen LogP contribution in [-0.4, -0.2) is 38.5 Å². The molecule has 1 aromatic carbocycles. The molecule has 0 spiro atoms. The van der Waals surface area contributed by atoms with E-state index in [4.69, 9.17) is 4.74 Å². The lowest BCUT2D eigenvalue weighted by Crippen LogP contribution is -2.10. The van der Waals surface area contributed by atoms with E-state index in [9.17, 15) is 9.50 Å². The van der Waals surface area contributed by atoms with E-state index < -0.39 is 5.82 Å². The maximum atomic E-state index is 13.5. The van der Waals surface area contributed by atoms with Gasteiger partial charge in [-0.3, -0.25) is 0 Å². The van der Waals surface area contributed by atoms with Crippen molar-refractivity contribution in [1.29, 1.82) is 0 Å². The van der Waals surface area contributed by atoms with Crippen LogP contribution in [0.1, 0.15) is 72.1 Å². The van der Waals surface area contributed by atoms with E-state index in [2.05, 4.69) is 36.3 Å². The molecule has 0 saturated heterocycles. The van der Waals surface area contributed by atoms with Gasteiger partial charge in [0, 0.05) is 12.2 Å². The number of tetrazole rings is 1. The number of phenols is 1. The molecule has 1 N–H and O–H groups in total. The van der Waals surface area contributed by atoms with Crippen LogP contribution in [0.3, 0.4) is 0 Å². The van der Waals surface area contributed by atoms with Gasteiger partial charge in [-0.1, -0.05) is 59.3 Å². The monoisotopic (exact) mass is 406 g/mol. The molecule has 0 atom stereocenters. The van der Waals surface area contributed by atoms with Gasteiger partial charge in [0.2, 0.25) is 0 Å². The summed E-state index contributed by atoms with van der Waals surface area (Å²) in [5.41, 5.74) is 0.980. The molecular formula is C22H35FN4O2. The van der Waals surface area contributed by atoms with Gasteiger partial charge < -0.3 is 9.84 Å². The second-order valence-corrected chi connectivity index (χ2v) is 8.79. The Morgan fingerprint density at radius 1 is 1.00 bits per heavy atom. The standard InChI is InChI=1S/C22H35FN4O2/c1-22(2,3)13-9-7-5-4-6-8-10-15-29-16-14-27-21(24-25-26-27)18-11-12-20(28)19(23)17-18/h11-12,17,28H,4-10,13-16H2,1-3H3. The molecular weight excluding hydrogens is 371 g/mol. The molecule has 7 heteroatoms. The van der Waals surface area contributed by atoms with Gasteiger partial charge in [-0.05, 0) is 46.9 Å². The van der Waals surface area contributed by atoms with Crippen molar-refractivity contribution in [1.82, 2.24) is 20.2 Å². The highest BCUT2D eigenvalue weighted by Crippen LogP contribution is 2.23. The minimum Gasteiger partial charge on any atom is -0.505 e. The van der Waals surface area contributed by atoms with Crippen LogP contribution < -0.4 is 0 Å². The number of ether oxygens (including phenoxy) is 1. The molecule has 2 aromatic rings. The van der Waals surface area contributed by atoms with E-state index >= 15 is 0 Å². The molecule has 1 heterocycles. The highest BCUT2D eigenvalue weighted by molar-refractivity contribution is 5.56. The van der Waals surface area contributed by atoms with Gasteiger partial charge in [0.1, 0.15) is 0 Å². The molecule has 2 rings (SSSR count). The Labute approximate surface area is 173 Å². The van der Waals surface area contributed by atoms with Gasteiger partial charge in [0.05, 0.1) is 13.2 Å². The average molecular weight is 407 g/mol. The molecule has 6 nitrogen and oxygen atoms in total. The molecule has 0 fully saturated rings. The van der Waals surface area contributed by atoms with Crippen LogP contribution >= 0.6 is 0 Å². The Morgan fingerprint density at radius 3 is 2.38 bits per heavy atom. The SMILES string of the molecule is CC(C)(C)CCCCCCCCCOCCn1nnnc1-c1ccc(O)c(F)c1. The Balaban J connectivity index is 1.53. The van der Waals surface area contributed by atoms with Crippen molar-refractivity contribution in [2.24, 2.45) is 5.41 Å². The van der Waals surface area contributed by atoms with Crippen molar-refractivity contribution in [3.63, 3.8) is 0 Å². The highest BCUT2D eigenvalue weighted by Gasteiger charge is 2.11. The summed E-state index contributed by atoms with van der Waals surface area (Å²) in [4.78, 5) is 0. The zero-order chi connectivity index (χ0) is 21.1. The molecule has 0 aliphatic rings. The zero-order valence-corrected chi connectivity index (χ0v) is 18.0. The van der Waals surface area contributed by atoms with E-state index in [0.29, 0.717) is 30.0 Å². The number of benzene rings is 1. The number of phenolic OH excluding ortho intramolecular Hbond substituents is 1. The van der Waals surface area contributed by atoms with Gasteiger partial charge in [-0.2, -0.15) is 0 Å². The number of hydrogen-bond acceptors (Lipinski definition) is 5. The third-order valence-corrected chi connectivity index (χ3v) is 4.90. The van der Waals surface area contributed by atoms with Gasteiger partial charge in [-0.25, -0.2) is 9.07 Å². The van der Waals surface area contributed by atoms with E-state index in [1.165, 1.54) is 57.1 Å². The summed E-state index contributed by atoms with van der Waals surface area (Å²) in [6.45, 7) is 8.65. The van der Waals surface area contributed by atoms with Gasteiger partial charge in [-0.15, -0.1) is 5.10 Å². The molecule has 0 aliphatic heterocycles. The lowest BCUT2D eigenvalue weighted by molar-refractivity contribution is 0.119. The molecule has 0 bridgehead atoms. The summed E-state index contributed by atoms with van der Waals surface area (Å²) in [6, 6.07) is 4.11. The van der Waals surface area contributed by atoms with Crippen molar-refractivity contribution in [2.45, 2.75) is 78.7 Å². The molecule has 0 aliphatic carbocycles. The molecule has 162 valence electrons. The highest BCUT2D eigenvalue weighted by atomic mass is 19.1. The minimum absolute atomic E-state index is 0.388. The second kappa shape index (κ2) is 11.9. The number of aromatic nitrogens is 4. The van der Waals surface area contributed by atoms with Crippen molar-refractivity contribution in [2.75, 3.05) is 13.2 Å². The number of hydrogen-bond donors (Lipinski definition) is 1. The average Bonchev–Trinajstić information content (AvgIpc) is 3.12. The van der Waals surface area contributed by atoms with E-state index in [1.807, 2.05) is 0 Å². The molecule has 0 radical (unpaired) electrons. The third-order valence-electron chi connectivity index (χ3n) is 4.90. The van der Waals surface area contributed by atoms with Crippen molar-refractivity contribution in [3.8, 4) is 17.1 Å². The van der Waals surface area contributed by atoms with Crippen LogP contribution in [0, 0.1) is 11.2 Å². The molecule has 0 unspecified atom stereocenters. The van der Waals surface area contributed by atoms with Crippen molar-refractivity contribution < 1.29 is 14.2 Å². The van der Waals surface area contributed by atoms with Crippen molar-refractivity contribution >= 4 is 0 Å². The second-order valence-electron chi connectivity index (χ2n) is 8.79. The summed E-state index contributed by atoms with van der Waals surface area (Å²) in [5, 5.41) is 20.8. The topological polar surface area (TPSA) is 73.1 Å². The summed E-state index contributed by atoms with van der Waals surface area (Å²) >= 11 is 0. The number of halogens is 1. The lowest BCUT2D eigenvalue weighted by Gasteiger charge is -2.17. The fraction of sp³-hybridized carbons (Fsp3) is 0.682. The number of unbranched alkanes of at least 4 members (excludes halogenated alkanes) is 6. The Bertz CT molecular complexity index is 728. The third kappa shape index (κ3) is 8.90. The van der Waals surface area contributed by atoms with E-state index in [-0.39, 0.29) is 5.75 Å². The predicted octanol–water partition coefficient (Wildman–Crippen LogP) is 5.37. The maximum absolute atomic E-state index is 13.5. The smallest absolute Gasteiger partial charge is 0.182 e. The fourth-order valence-electron chi connectivity index (χ4n) is 3.20. The van der Waals surface area contributed by atoms with Crippen LogP contribution in [0.15, 0.2) is 18.2 Å². The Kier molecular flexibility index (Phi) is 9.51. The Morgan fingerprint density at radius 2 is 1.69 bits per heavy atom. The molecule has 0 amide bonds. The molecule has 1 aromatic heterocycles. The van der Waals surface area contributed by atoms with Crippen LogP contribution in [0.25, 0.3) is 11.4 Å². The minimum atomic E-state index is -0.692. The zero-order valence-electron chi connectivity index (χ0n) is 18.0. The maximum Gasteiger partial charge on any atom is 0.182 e. The molecule has 29 heavy (non-hydrogen) atoms. The van der Waals surface area contributed by atoms with Gasteiger partial charge >= 0.3 is 0 Å². The first-order valence-corrected chi connectivity index (χ1v) is 10.7. The summed E-state index contributed by atoms with van der Waals surface area (Å²) in [6.07, 6.45) is 10.2. The number of aromatic hydroxyl groups is 1. The summed E-state index contributed by atoms with van der Waals surface area (Å²) in [7, 11) is 0. The van der Waals surface area contributed by atoms with Crippen LogP contribution in [0.2, 0.25) is 0 Å².